The van der Waals surface area contributed by atoms with E-state index in [1.54, 1.807) is 24.3 Å². The van der Waals surface area contributed by atoms with Crippen LogP contribution in [0.15, 0.2) is 41.2 Å². The van der Waals surface area contributed by atoms with Gasteiger partial charge in [-0.2, -0.15) is 5.26 Å². The van der Waals surface area contributed by atoms with Crippen LogP contribution in [0.4, 0.5) is 11.4 Å². The summed E-state index contributed by atoms with van der Waals surface area (Å²) in [5, 5.41) is 12.4. The first-order valence-electron chi connectivity index (χ1n) is 5.84. The quantitative estimate of drug-likeness (QED) is 0.676. The Morgan fingerprint density at radius 3 is 2.65 bits per heavy atom. The number of halogens is 1. The SMILES string of the molecule is N#Cc1ccc(Nc2ccc3[nH]c(=O)[nH]c3c2)c(Cl)c1. The lowest BCUT2D eigenvalue weighted by atomic mass is 10.2. The van der Waals surface area contributed by atoms with E-state index in [1.807, 2.05) is 18.2 Å². The van der Waals surface area contributed by atoms with Crippen molar-refractivity contribution in [1.29, 1.82) is 5.26 Å². The largest absolute Gasteiger partial charge is 0.354 e. The molecule has 0 unspecified atom stereocenters. The lowest BCUT2D eigenvalue weighted by Gasteiger charge is -2.08. The van der Waals surface area contributed by atoms with Crippen LogP contribution in [-0.4, -0.2) is 9.97 Å². The van der Waals surface area contributed by atoms with Crippen LogP contribution < -0.4 is 11.0 Å². The molecule has 0 atom stereocenters. The molecular weight excluding hydrogens is 276 g/mol. The Hall–Kier alpha value is -2.71. The van der Waals surface area contributed by atoms with Crippen LogP contribution >= 0.6 is 11.6 Å². The van der Waals surface area contributed by atoms with E-state index in [1.165, 1.54) is 0 Å². The smallest absolute Gasteiger partial charge is 0.323 e. The molecule has 0 bridgehead atoms. The molecule has 3 rings (SSSR count). The molecule has 0 saturated carbocycles. The Kier molecular flexibility index (Phi) is 2.93. The second-order valence-electron chi connectivity index (χ2n) is 4.27. The number of fused-ring (bicyclic) bond motifs is 1. The van der Waals surface area contributed by atoms with Crippen molar-refractivity contribution in [2.24, 2.45) is 0 Å². The number of rotatable bonds is 2. The number of hydrogen-bond acceptors (Lipinski definition) is 3. The minimum absolute atomic E-state index is 0.242. The van der Waals surface area contributed by atoms with Crippen LogP contribution in [0.1, 0.15) is 5.56 Å². The number of aromatic nitrogens is 2. The van der Waals surface area contributed by atoms with Gasteiger partial charge in [0.1, 0.15) is 0 Å². The van der Waals surface area contributed by atoms with Gasteiger partial charge in [-0.15, -0.1) is 0 Å². The number of nitriles is 1. The van der Waals surface area contributed by atoms with Crippen LogP contribution in [0.2, 0.25) is 5.02 Å². The van der Waals surface area contributed by atoms with Gasteiger partial charge in [-0.25, -0.2) is 4.79 Å². The molecule has 0 aliphatic carbocycles. The lowest BCUT2D eigenvalue weighted by molar-refractivity contribution is 1.22. The first kappa shape index (κ1) is 12.3. The maximum absolute atomic E-state index is 11.2. The molecule has 0 amide bonds. The van der Waals surface area contributed by atoms with Gasteiger partial charge < -0.3 is 15.3 Å². The molecule has 3 aromatic rings. The van der Waals surface area contributed by atoms with Crippen molar-refractivity contribution in [3.05, 3.63) is 57.5 Å². The van der Waals surface area contributed by atoms with Crippen molar-refractivity contribution < 1.29 is 0 Å². The molecule has 0 radical (unpaired) electrons. The third-order valence-electron chi connectivity index (χ3n) is 2.89. The molecule has 0 aliphatic heterocycles. The maximum Gasteiger partial charge on any atom is 0.323 e. The van der Waals surface area contributed by atoms with Gasteiger partial charge in [0.05, 0.1) is 33.4 Å². The zero-order valence-electron chi connectivity index (χ0n) is 10.2. The zero-order valence-corrected chi connectivity index (χ0v) is 11.0. The summed E-state index contributed by atoms with van der Waals surface area (Å²) in [7, 11) is 0. The highest BCUT2D eigenvalue weighted by molar-refractivity contribution is 6.33. The van der Waals surface area contributed by atoms with Gasteiger partial charge >= 0.3 is 5.69 Å². The fourth-order valence-electron chi connectivity index (χ4n) is 1.95. The van der Waals surface area contributed by atoms with Gasteiger partial charge in [0.15, 0.2) is 0 Å². The average molecular weight is 285 g/mol. The number of nitrogens with one attached hydrogen (secondary N) is 3. The van der Waals surface area contributed by atoms with Crippen molar-refractivity contribution >= 4 is 34.0 Å². The lowest BCUT2D eigenvalue weighted by Crippen LogP contribution is -1.99. The average Bonchev–Trinajstić information content (AvgIpc) is 2.80. The standard InChI is InChI=1S/C14H9ClN4O/c15-10-5-8(7-16)1-3-11(10)17-9-2-4-12-13(6-9)19-14(20)18-12/h1-6,17H,(H2,18,19,20). The van der Waals surface area contributed by atoms with E-state index in [2.05, 4.69) is 15.3 Å². The highest BCUT2D eigenvalue weighted by Crippen LogP contribution is 2.27. The minimum Gasteiger partial charge on any atom is -0.354 e. The Morgan fingerprint density at radius 2 is 1.90 bits per heavy atom. The molecule has 0 spiro atoms. The van der Waals surface area contributed by atoms with Gasteiger partial charge in [-0.3, -0.25) is 0 Å². The number of anilines is 2. The normalized spacial score (nSPS) is 10.4. The van der Waals surface area contributed by atoms with Crippen molar-refractivity contribution in [3.8, 4) is 6.07 Å². The van der Waals surface area contributed by atoms with E-state index >= 15 is 0 Å². The molecule has 5 nitrogen and oxygen atoms in total. The number of hydrogen-bond donors (Lipinski definition) is 3. The minimum atomic E-state index is -0.242. The van der Waals surface area contributed by atoms with Crippen LogP contribution in [-0.2, 0) is 0 Å². The van der Waals surface area contributed by atoms with E-state index in [0.29, 0.717) is 21.8 Å². The van der Waals surface area contributed by atoms with Crippen molar-refractivity contribution in [2.75, 3.05) is 5.32 Å². The molecule has 1 heterocycles. The molecule has 1 aromatic heterocycles. The molecule has 6 heteroatoms. The van der Waals surface area contributed by atoms with Crippen molar-refractivity contribution in [1.82, 2.24) is 9.97 Å². The first-order chi connectivity index (χ1) is 9.65. The summed E-state index contributed by atoms with van der Waals surface area (Å²) in [6.07, 6.45) is 0. The Labute approximate surface area is 118 Å². The second kappa shape index (κ2) is 4.76. The van der Waals surface area contributed by atoms with Crippen LogP contribution in [0.5, 0.6) is 0 Å². The summed E-state index contributed by atoms with van der Waals surface area (Å²) in [6, 6.07) is 12.5. The van der Waals surface area contributed by atoms with Crippen LogP contribution in [0.3, 0.4) is 0 Å². The van der Waals surface area contributed by atoms with E-state index in [4.69, 9.17) is 16.9 Å². The topological polar surface area (TPSA) is 84.5 Å². The number of nitrogens with zero attached hydrogens (tertiary/aromatic N) is 1. The third kappa shape index (κ3) is 2.25. The molecule has 3 N–H and O–H groups in total. The molecule has 98 valence electrons. The second-order valence-corrected chi connectivity index (χ2v) is 4.68. The molecular formula is C14H9ClN4O. The van der Waals surface area contributed by atoms with Crippen LogP contribution in [0.25, 0.3) is 11.0 Å². The summed E-state index contributed by atoms with van der Waals surface area (Å²) < 4.78 is 0. The number of imidazole rings is 1. The summed E-state index contributed by atoms with van der Waals surface area (Å²) >= 11 is 6.10. The first-order valence-corrected chi connectivity index (χ1v) is 6.22. The highest BCUT2D eigenvalue weighted by Gasteiger charge is 2.04. The Balaban J connectivity index is 1.96. The van der Waals surface area contributed by atoms with Crippen molar-refractivity contribution in [2.45, 2.75) is 0 Å². The van der Waals surface area contributed by atoms with E-state index in [9.17, 15) is 4.79 Å². The van der Waals surface area contributed by atoms with E-state index in [-0.39, 0.29) is 5.69 Å². The highest BCUT2D eigenvalue weighted by atomic mass is 35.5. The van der Waals surface area contributed by atoms with E-state index < -0.39 is 0 Å². The number of H-pyrrole nitrogens is 2. The predicted molar refractivity (Wildman–Crippen MR) is 78.4 cm³/mol. The monoisotopic (exact) mass is 284 g/mol. The van der Waals surface area contributed by atoms with Crippen molar-refractivity contribution in [3.63, 3.8) is 0 Å². The Bertz CT molecular complexity index is 888. The third-order valence-corrected chi connectivity index (χ3v) is 3.21. The summed E-state index contributed by atoms with van der Waals surface area (Å²) in [5.74, 6) is 0. The summed E-state index contributed by atoms with van der Waals surface area (Å²) in [4.78, 5) is 16.6. The Morgan fingerprint density at radius 1 is 1.10 bits per heavy atom. The predicted octanol–water partition coefficient (Wildman–Crippen LogP) is 3.12. The van der Waals surface area contributed by atoms with Gasteiger partial charge in [0.2, 0.25) is 0 Å². The van der Waals surface area contributed by atoms with E-state index in [0.717, 1.165) is 11.2 Å². The van der Waals surface area contributed by atoms with Crippen LogP contribution in [0, 0.1) is 11.3 Å². The fraction of sp³-hybridized carbons (Fsp3) is 0. The molecule has 2 aromatic carbocycles. The number of aromatic amines is 2. The van der Waals surface area contributed by atoms with Gasteiger partial charge in [-0.1, -0.05) is 11.6 Å². The summed E-state index contributed by atoms with van der Waals surface area (Å²) in [6.45, 7) is 0. The number of benzene rings is 2. The van der Waals surface area contributed by atoms with Gasteiger partial charge in [-0.05, 0) is 36.4 Å². The maximum atomic E-state index is 11.2. The zero-order chi connectivity index (χ0) is 14.1. The molecule has 0 aliphatic rings. The van der Waals surface area contributed by atoms with Gasteiger partial charge in [0.25, 0.3) is 0 Å². The molecule has 0 saturated heterocycles. The summed E-state index contributed by atoms with van der Waals surface area (Å²) in [5.41, 5.74) is 3.21. The molecule has 0 fully saturated rings. The van der Waals surface area contributed by atoms with Gasteiger partial charge in [0, 0.05) is 5.69 Å². The fourth-order valence-corrected chi connectivity index (χ4v) is 2.18. The molecule has 20 heavy (non-hydrogen) atoms.